The van der Waals surface area contributed by atoms with Gasteiger partial charge in [0.1, 0.15) is 4.21 Å². The molecule has 0 saturated carbocycles. The summed E-state index contributed by atoms with van der Waals surface area (Å²) in [6.45, 7) is 0.767. The molecule has 3 rings (SSSR count). The third kappa shape index (κ3) is 4.71. The van der Waals surface area contributed by atoms with Crippen molar-refractivity contribution in [3.63, 3.8) is 0 Å². The van der Waals surface area contributed by atoms with Crippen molar-refractivity contribution in [1.29, 1.82) is 0 Å². The largest absolute Gasteiger partial charge is 0.454 e. The van der Waals surface area contributed by atoms with Crippen molar-refractivity contribution in [2.75, 3.05) is 19.9 Å². The minimum Gasteiger partial charge on any atom is -0.454 e. The van der Waals surface area contributed by atoms with Crippen LogP contribution in [0.4, 0.5) is 0 Å². The highest BCUT2D eigenvalue weighted by Gasteiger charge is 2.15. The van der Waals surface area contributed by atoms with Gasteiger partial charge in [-0.1, -0.05) is 12.1 Å². The zero-order valence-corrected chi connectivity index (χ0v) is 15.0. The highest BCUT2D eigenvalue weighted by molar-refractivity contribution is 7.91. The van der Waals surface area contributed by atoms with Gasteiger partial charge < -0.3 is 14.8 Å². The van der Waals surface area contributed by atoms with Gasteiger partial charge >= 0.3 is 0 Å². The number of rotatable bonds is 8. The second-order valence-corrected chi connectivity index (χ2v) is 8.31. The number of hydrogen-bond donors (Lipinski definition) is 2. The van der Waals surface area contributed by atoms with Gasteiger partial charge in [-0.25, -0.2) is 13.1 Å². The summed E-state index contributed by atoms with van der Waals surface area (Å²) in [4.78, 5) is 11.8. The van der Waals surface area contributed by atoms with Crippen molar-refractivity contribution >= 4 is 27.3 Å². The van der Waals surface area contributed by atoms with E-state index in [9.17, 15) is 13.2 Å². The average Bonchev–Trinajstić information content (AvgIpc) is 3.26. The zero-order chi connectivity index (χ0) is 17.7. The molecule has 7 nitrogen and oxygen atoms in total. The first-order valence-corrected chi connectivity index (χ1v) is 10.1. The molecular formula is C16H18N2O5S2. The van der Waals surface area contributed by atoms with Gasteiger partial charge in [0.05, 0.1) is 0 Å². The first kappa shape index (κ1) is 17.7. The summed E-state index contributed by atoms with van der Waals surface area (Å²) in [6, 6.07) is 8.86. The number of carbonyl (C=O) groups excluding carboxylic acids is 1. The second-order valence-electron chi connectivity index (χ2n) is 5.37. The monoisotopic (exact) mass is 382 g/mol. The Bertz CT molecular complexity index is 834. The maximum Gasteiger partial charge on any atom is 0.250 e. The molecule has 0 unspecified atom stereocenters. The molecule has 1 aromatic carbocycles. The lowest BCUT2D eigenvalue weighted by Gasteiger charge is -2.07. The summed E-state index contributed by atoms with van der Waals surface area (Å²) in [5.74, 6) is 1.24. The van der Waals surface area contributed by atoms with Crippen molar-refractivity contribution in [3.8, 4) is 11.5 Å². The summed E-state index contributed by atoms with van der Waals surface area (Å²) in [5, 5.41) is 4.47. The van der Waals surface area contributed by atoms with Gasteiger partial charge in [0.15, 0.2) is 11.5 Å². The van der Waals surface area contributed by atoms with Gasteiger partial charge in [0, 0.05) is 19.5 Å². The molecule has 0 bridgehead atoms. The quantitative estimate of drug-likeness (QED) is 0.722. The molecule has 0 atom stereocenters. The van der Waals surface area contributed by atoms with E-state index in [0.717, 1.165) is 22.6 Å². The molecule has 0 radical (unpaired) electrons. The number of sulfonamides is 1. The van der Waals surface area contributed by atoms with Crippen molar-refractivity contribution in [2.45, 2.75) is 17.1 Å². The van der Waals surface area contributed by atoms with Crippen LogP contribution in [-0.2, 0) is 21.2 Å². The van der Waals surface area contributed by atoms with E-state index in [1.807, 2.05) is 18.2 Å². The Balaban J connectivity index is 1.37. The van der Waals surface area contributed by atoms with Crippen molar-refractivity contribution in [1.82, 2.24) is 10.0 Å². The number of benzene rings is 1. The first-order chi connectivity index (χ1) is 12.0. The maximum absolute atomic E-state index is 11.9. The fourth-order valence-electron chi connectivity index (χ4n) is 2.32. The lowest BCUT2D eigenvalue weighted by Crippen LogP contribution is -2.31. The van der Waals surface area contributed by atoms with Crippen LogP contribution in [0.2, 0.25) is 0 Å². The molecule has 9 heteroatoms. The van der Waals surface area contributed by atoms with Crippen LogP contribution in [0.1, 0.15) is 12.0 Å². The van der Waals surface area contributed by atoms with Gasteiger partial charge in [0.25, 0.3) is 0 Å². The van der Waals surface area contributed by atoms with Crippen molar-refractivity contribution < 1.29 is 22.7 Å². The Kier molecular flexibility index (Phi) is 5.57. The van der Waals surface area contributed by atoms with Crippen LogP contribution in [0.25, 0.3) is 0 Å². The lowest BCUT2D eigenvalue weighted by atomic mass is 10.1. The smallest absolute Gasteiger partial charge is 0.250 e. The van der Waals surface area contributed by atoms with Crippen LogP contribution >= 0.6 is 11.3 Å². The molecule has 1 aromatic heterocycles. The number of hydrogen-bond acceptors (Lipinski definition) is 6. The van der Waals surface area contributed by atoms with Crippen LogP contribution < -0.4 is 19.5 Å². The third-order valence-corrected chi connectivity index (χ3v) is 6.44. The topological polar surface area (TPSA) is 93.7 Å². The predicted octanol–water partition coefficient (Wildman–Crippen LogP) is 1.50. The van der Waals surface area contributed by atoms with Crippen LogP contribution in [-0.4, -0.2) is 34.2 Å². The summed E-state index contributed by atoms with van der Waals surface area (Å²) in [5.41, 5.74) is 1.03. The highest BCUT2D eigenvalue weighted by atomic mass is 32.2. The molecule has 2 heterocycles. The summed E-state index contributed by atoms with van der Waals surface area (Å²) in [6.07, 6.45) is 0.745. The third-order valence-electron chi connectivity index (χ3n) is 3.58. The molecule has 1 amide bonds. The number of fused-ring (bicyclic) bond motifs is 1. The predicted molar refractivity (Wildman–Crippen MR) is 93.4 cm³/mol. The fraction of sp³-hybridized carbons (Fsp3) is 0.312. The molecule has 25 heavy (non-hydrogen) atoms. The van der Waals surface area contributed by atoms with Crippen LogP contribution in [0.5, 0.6) is 11.5 Å². The Morgan fingerprint density at radius 3 is 2.80 bits per heavy atom. The SMILES string of the molecule is O=C(CCNS(=O)(=O)c1cccs1)NCCc1ccc2c(c1)OCO2. The standard InChI is InChI=1S/C16H18N2O5S2/c19-15(6-8-18-25(20,21)16-2-1-9-24-16)17-7-5-12-3-4-13-14(10-12)23-11-22-13/h1-4,9-10,18H,5-8,11H2,(H,17,19). The second kappa shape index (κ2) is 7.85. The fourth-order valence-corrected chi connectivity index (χ4v) is 4.39. The van der Waals surface area contributed by atoms with Gasteiger partial charge in [-0.05, 0) is 35.6 Å². The first-order valence-electron chi connectivity index (χ1n) is 7.73. The van der Waals surface area contributed by atoms with E-state index in [1.165, 1.54) is 6.07 Å². The Hall–Kier alpha value is -2.10. The number of amides is 1. The van der Waals surface area contributed by atoms with Gasteiger partial charge in [-0.2, -0.15) is 0 Å². The zero-order valence-electron chi connectivity index (χ0n) is 13.4. The Morgan fingerprint density at radius 2 is 2.00 bits per heavy atom. The Labute approximate surface area is 150 Å². The highest BCUT2D eigenvalue weighted by Crippen LogP contribution is 2.32. The van der Waals surface area contributed by atoms with Gasteiger partial charge in [-0.3, -0.25) is 4.79 Å². The van der Waals surface area contributed by atoms with Gasteiger partial charge in [0.2, 0.25) is 22.7 Å². The number of thiophene rings is 1. The summed E-state index contributed by atoms with van der Waals surface area (Å²) >= 11 is 1.14. The summed E-state index contributed by atoms with van der Waals surface area (Å²) < 4.78 is 37.0. The van der Waals surface area contributed by atoms with E-state index in [1.54, 1.807) is 11.4 Å². The van der Waals surface area contributed by atoms with Gasteiger partial charge in [-0.15, -0.1) is 11.3 Å². The van der Waals surface area contributed by atoms with Crippen LogP contribution in [0, 0.1) is 0 Å². The molecule has 0 saturated heterocycles. The number of ether oxygens (including phenoxy) is 2. The number of nitrogens with one attached hydrogen (secondary N) is 2. The maximum atomic E-state index is 11.9. The average molecular weight is 382 g/mol. The van der Waals surface area contributed by atoms with Crippen molar-refractivity contribution in [3.05, 3.63) is 41.3 Å². The van der Waals surface area contributed by atoms with Crippen molar-refractivity contribution in [2.24, 2.45) is 0 Å². The van der Waals surface area contributed by atoms with E-state index in [4.69, 9.17) is 9.47 Å². The molecule has 0 spiro atoms. The van der Waals surface area contributed by atoms with E-state index in [0.29, 0.717) is 18.7 Å². The number of carbonyl (C=O) groups is 1. The minimum absolute atomic E-state index is 0.0656. The minimum atomic E-state index is -3.52. The normalized spacial score (nSPS) is 13.0. The molecule has 2 N–H and O–H groups in total. The molecule has 2 aromatic rings. The van der Waals surface area contributed by atoms with Crippen LogP contribution in [0.15, 0.2) is 39.9 Å². The lowest BCUT2D eigenvalue weighted by molar-refractivity contribution is -0.120. The van der Waals surface area contributed by atoms with Crippen LogP contribution in [0.3, 0.4) is 0 Å². The molecule has 0 aliphatic carbocycles. The van der Waals surface area contributed by atoms with E-state index >= 15 is 0 Å². The molecule has 1 aliphatic heterocycles. The van der Waals surface area contributed by atoms with E-state index in [-0.39, 0.29) is 29.9 Å². The van der Waals surface area contributed by atoms with E-state index in [2.05, 4.69) is 10.0 Å². The summed E-state index contributed by atoms with van der Waals surface area (Å²) in [7, 11) is -3.52. The Morgan fingerprint density at radius 1 is 1.16 bits per heavy atom. The molecular weight excluding hydrogens is 364 g/mol. The van der Waals surface area contributed by atoms with E-state index < -0.39 is 10.0 Å². The molecule has 0 fully saturated rings. The molecule has 134 valence electrons. The molecule has 1 aliphatic rings.